The van der Waals surface area contributed by atoms with Gasteiger partial charge in [0.15, 0.2) is 0 Å². The van der Waals surface area contributed by atoms with Crippen molar-refractivity contribution in [2.24, 2.45) is 0 Å². The summed E-state index contributed by atoms with van der Waals surface area (Å²) in [6.07, 6.45) is -0.809. The molecule has 0 aliphatic rings. The molecule has 0 aliphatic heterocycles. The van der Waals surface area contributed by atoms with Crippen LogP contribution in [0.1, 0.15) is 21.7 Å². The lowest BCUT2D eigenvalue weighted by molar-refractivity contribution is -0.137. The average Bonchev–Trinajstić information content (AvgIpc) is 3.04. The van der Waals surface area contributed by atoms with E-state index >= 15 is 0 Å². The van der Waals surface area contributed by atoms with Crippen molar-refractivity contribution in [2.45, 2.75) is 26.6 Å². The van der Waals surface area contributed by atoms with Crippen LogP contribution in [0.4, 0.5) is 13.2 Å². The smallest absolute Gasteiger partial charge is 0.266 e. The summed E-state index contributed by atoms with van der Waals surface area (Å²) in [4.78, 5) is 5.42. The SMILES string of the molecule is Cc1cnn(Cc2nc(-c3cc(Cl)cc(C(F)(F)F)c3)sc2C)c1. The Morgan fingerprint density at radius 3 is 2.58 bits per heavy atom. The summed E-state index contributed by atoms with van der Waals surface area (Å²) in [5.74, 6) is 0. The van der Waals surface area contributed by atoms with Crippen molar-refractivity contribution >= 4 is 22.9 Å². The van der Waals surface area contributed by atoms with Gasteiger partial charge in [0.25, 0.3) is 0 Å². The number of aromatic nitrogens is 3. The molecular formula is C16H13ClF3N3S. The third kappa shape index (κ3) is 3.62. The molecule has 0 bridgehead atoms. The van der Waals surface area contributed by atoms with E-state index in [0.29, 0.717) is 17.1 Å². The molecule has 0 amide bonds. The summed E-state index contributed by atoms with van der Waals surface area (Å²) < 4.78 is 40.6. The summed E-state index contributed by atoms with van der Waals surface area (Å²) >= 11 is 7.19. The highest BCUT2D eigenvalue weighted by Gasteiger charge is 2.31. The molecule has 2 heterocycles. The molecule has 0 fully saturated rings. The number of thiazole rings is 1. The normalized spacial score (nSPS) is 11.9. The number of hydrogen-bond acceptors (Lipinski definition) is 3. The van der Waals surface area contributed by atoms with E-state index in [2.05, 4.69) is 10.1 Å². The fourth-order valence-corrected chi connectivity index (χ4v) is 3.43. The van der Waals surface area contributed by atoms with Crippen LogP contribution in [-0.4, -0.2) is 14.8 Å². The van der Waals surface area contributed by atoms with Gasteiger partial charge in [-0.1, -0.05) is 11.6 Å². The van der Waals surface area contributed by atoms with Crippen molar-refractivity contribution in [1.29, 1.82) is 0 Å². The first kappa shape index (κ1) is 17.0. The summed E-state index contributed by atoms with van der Waals surface area (Å²) in [5, 5.41) is 4.76. The molecule has 1 aromatic carbocycles. The summed E-state index contributed by atoms with van der Waals surface area (Å²) in [7, 11) is 0. The Hall–Kier alpha value is -1.86. The molecule has 24 heavy (non-hydrogen) atoms. The van der Waals surface area contributed by atoms with E-state index in [4.69, 9.17) is 11.6 Å². The van der Waals surface area contributed by atoms with Gasteiger partial charge in [-0.25, -0.2) is 4.98 Å². The molecule has 0 saturated carbocycles. The summed E-state index contributed by atoms with van der Waals surface area (Å²) in [6, 6.07) is 3.49. The number of aryl methyl sites for hydroxylation is 2. The van der Waals surface area contributed by atoms with Crippen molar-refractivity contribution in [3.63, 3.8) is 0 Å². The van der Waals surface area contributed by atoms with E-state index in [-0.39, 0.29) is 5.02 Å². The molecule has 8 heteroatoms. The molecule has 0 radical (unpaired) electrons. The van der Waals surface area contributed by atoms with Gasteiger partial charge in [0.05, 0.1) is 24.0 Å². The molecule has 0 saturated heterocycles. The Morgan fingerprint density at radius 2 is 1.96 bits per heavy atom. The van der Waals surface area contributed by atoms with Crippen molar-refractivity contribution in [3.8, 4) is 10.6 Å². The van der Waals surface area contributed by atoms with E-state index in [1.807, 2.05) is 20.0 Å². The van der Waals surface area contributed by atoms with Crippen molar-refractivity contribution in [3.05, 3.63) is 57.3 Å². The van der Waals surface area contributed by atoms with Crippen LogP contribution in [-0.2, 0) is 12.7 Å². The first-order chi connectivity index (χ1) is 11.2. The maximum Gasteiger partial charge on any atom is 0.416 e. The Bertz CT molecular complexity index is 883. The number of rotatable bonds is 3. The first-order valence-electron chi connectivity index (χ1n) is 7.06. The van der Waals surface area contributed by atoms with Crippen LogP contribution in [0.15, 0.2) is 30.6 Å². The standard InChI is InChI=1S/C16H13ClF3N3S/c1-9-6-21-23(7-9)8-14-10(2)24-15(22-14)11-3-12(16(18,19)20)5-13(17)4-11/h3-7H,8H2,1-2H3. The largest absolute Gasteiger partial charge is 0.416 e. The second kappa shape index (κ2) is 6.22. The number of benzene rings is 1. The van der Waals surface area contributed by atoms with E-state index < -0.39 is 11.7 Å². The average molecular weight is 372 g/mol. The predicted octanol–water partition coefficient (Wildman–Crippen LogP) is 5.34. The Labute approximate surface area is 145 Å². The van der Waals surface area contributed by atoms with Crippen LogP contribution < -0.4 is 0 Å². The van der Waals surface area contributed by atoms with Gasteiger partial charge in [-0.3, -0.25) is 4.68 Å². The fourth-order valence-electron chi connectivity index (χ4n) is 2.28. The zero-order chi connectivity index (χ0) is 17.5. The van der Waals surface area contributed by atoms with E-state index in [0.717, 1.165) is 28.3 Å². The number of alkyl halides is 3. The van der Waals surface area contributed by atoms with Gasteiger partial charge in [-0.15, -0.1) is 11.3 Å². The van der Waals surface area contributed by atoms with Gasteiger partial charge in [0.1, 0.15) is 5.01 Å². The van der Waals surface area contributed by atoms with Gasteiger partial charge >= 0.3 is 6.18 Å². The lowest BCUT2D eigenvalue weighted by Gasteiger charge is -2.08. The van der Waals surface area contributed by atoms with Crippen molar-refractivity contribution in [1.82, 2.24) is 14.8 Å². The minimum Gasteiger partial charge on any atom is -0.266 e. The van der Waals surface area contributed by atoms with E-state index in [1.165, 1.54) is 17.4 Å². The van der Waals surface area contributed by atoms with Crippen LogP contribution in [0.3, 0.4) is 0 Å². The summed E-state index contributed by atoms with van der Waals surface area (Å²) in [6.45, 7) is 4.30. The molecule has 3 aromatic rings. The second-order valence-corrected chi connectivity index (χ2v) is 7.10. The van der Waals surface area contributed by atoms with Gasteiger partial charge < -0.3 is 0 Å². The molecule has 0 atom stereocenters. The van der Waals surface area contributed by atoms with Gasteiger partial charge in [-0.05, 0) is 37.6 Å². The van der Waals surface area contributed by atoms with Gasteiger partial charge in [0.2, 0.25) is 0 Å². The van der Waals surface area contributed by atoms with Crippen LogP contribution >= 0.6 is 22.9 Å². The maximum atomic E-state index is 13.0. The Balaban J connectivity index is 1.96. The zero-order valence-corrected chi connectivity index (χ0v) is 14.4. The second-order valence-electron chi connectivity index (χ2n) is 5.46. The molecule has 0 aliphatic carbocycles. The van der Waals surface area contributed by atoms with Crippen LogP contribution in [0, 0.1) is 13.8 Å². The third-order valence-corrected chi connectivity index (χ3v) is 4.72. The molecule has 0 spiro atoms. The maximum absolute atomic E-state index is 13.0. The Morgan fingerprint density at radius 1 is 1.21 bits per heavy atom. The minimum absolute atomic E-state index is 0.0388. The van der Waals surface area contributed by atoms with Crippen molar-refractivity contribution in [2.75, 3.05) is 0 Å². The topological polar surface area (TPSA) is 30.7 Å². The quantitative estimate of drug-likeness (QED) is 0.621. The third-order valence-electron chi connectivity index (χ3n) is 3.44. The Kier molecular flexibility index (Phi) is 4.40. The monoisotopic (exact) mass is 371 g/mol. The zero-order valence-electron chi connectivity index (χ0n) is 12.9. The highest BCUT2D eigenvalue weighted by Crippen LogP contribution is 2.36. The molecule has 3 rings (SSSR count). The molecule has 2 aromatic heterocycles. The van der Waals surface area contributed by atoms with E-state index in [9.17, 15) is 13.2 Å². The molecule has 126 valence electrons. The van der Waals surface area contributed by atoms with Crippen LogP contribution in [0.5, 0.6) is 0 Å². The molecule has 3 nitrogen and oxygen atoms in total. The number of hydrogen-bond donors (Lipinski definition) is 0. The lowest BCUT2D eigenvalue weighted by Crippen LogP contribution is -2.05. The molecule has 0 N–H and O–H groups in total. The van der Waals surface area contributed by atoms with E-state index in [1.54, 1.807) is 10.9 Å². The van der Waals surface area contributed by atoms with Crippen molar-refractivity contribution < 1.29 is 13.2 Å². The predicted molar refractivity (Wildman–Crippen MR) is 88.4 cm³/mol. The van der Waals surface area contributed by atoms with Crippen LogP contribution in [0.25, 0.3) is 10.6 Å². The van der Waals surface area contributed by atoms with Gasteiger partial charge in [0, 0.05) is 21.7 Å². The fraction of sp³-hybridized carbons (Fsp3) is 0.250. The van der Waals surface area contributed by atoms with Crippen LogP contribution in [0.2, 0.25) is 5.02 Å². The molecular weight excluding hydrogens is 359 g/mol. The minimum atomic E-state index is -4.44. The first-order valence-corrected chi connectivity index (χ1v) is 8.25. The molecule has 0 unspecified atom stereocenters. The number of halogens is 4. The highest BCUT2D eigenvalue weighted by molar-refractivity contribution is 7.15. The lowest BCUT2D eigenvalue weighted by atomic mass is 10.1. The number of nitrogens with zero attached hydrogens (tertiary/aromatic N) is 3. The van der Waals surface area contributed by atoms with Gasteiger partial charge in [-0.2, -0.15) is 18.3 Å². The highest BCUT2D eigenvalue weighted by atomic mass is 35.5. The summed E-state index contributed by atoms with van der Waals surface area (Å²) in [5.41, 5.74) is 1.41.